The summed E-state index contributed by atoms with van der Waals surface area (Å²) in [5.41, 5.74) is 0. The van der Waals surface area contributed by atoms with E-state index in [0.29, 0.717) is 5.92 Å². The highest BCUT2D eigenvalue weighted by molar-refractivity contribution is 5.80. The first-order valence-electron chi connectivity index (χ1n) is 5.62. The number of amides is 1. The molecule has 3 nitrogen and oxygen atoms in total. The Morgan fingerprint density at radius 2 is 1.93 bits per heavy atom. The lowest BCUT2D eigenvalue weighted by atomic mass is 10.2. The van der Waals surface area contributed by atoms with Crippen LogP contribution in [-0.4, -0.2) is 26.5 Å². The Morgan fingerprint density at radius 1 is 1.29 bits per heavy atom. The van der Waals surface area contributed by atoms with E-state index in [0.717, 1.165) is 12.8 Å². The minimum atomic E-state index is 0.208. The molecule has 1 aliphatic rings. The molecule has 0 radical (unpaired) electrons. The summed E-state index contributed by atoms with van der Waals surface area (Å²) in [6.07, 6.45) is 6.20. The minimum absolute atomic E-state index is 0.208. The Hall–Kier alpha value is -0.570. The maximum atomic E-state index is 10.5. The number of rotatable bonds is 5. The predicted molar refractivity (Wildman–Crippen MR) is 60.2 cm³/mol. The lowest BCUT2D eigenvalue weighted by Gasteiger charge is -1.93. The van der Waals surface area contributed by atoms with E-state index in [4.69, 9.17) is 0 Å². The smallest absolute Gasteiger partial charge is 0.222 e. The van der Waals surface area contributed by atoms with Crippen molar-refractivity contribution in [2.75, 3.05) is 20.6 Å². The molecule has 84 valence electrons. The standard InChI is InChI=1S/C6H15N.C5H9NO/c1-3-4-5-6-7-2;1-6-5(7)4-2-3-4/h7H,3-6H2,1-2H3;4H,2-3H2,1H3,(H,6,7). The van der Waals surface area contributed by atoms with Crippen molar-refractivity contribution in [3.8, 4) is 0 Å². The second kappa shape index (κ2) is 9.00. The molecule has 2 N–H and O–H groups in total. The van der Waals surface area contributed by atoms with Gasteiger partial charge in [-0.2, -0.15) is 0 Å². The van der Waals surface area contributed by atoms with Crippen LogP contribution in [0.5, 0.6) is 0 Å². The van der Waals surface area contributed by atoms with Gasteiger partial charge in [-0.05, 0) is 32.9 Å². The first-order chi connectivity index (χ1) is 6.76. The van der Waals surface area contributed by atoms with Gasteiger partial charge in [0.05, 0.1) is 0 Å². The second-order valence-corrected chi connectivity index (χ2v) is 3.70. The Kier molecular flexibility index (Phi) is 8.64. The van der Waals surface area contributed by atoms with Crippen molar-refractivity contribution in [2.45, 2.75) is 39.0 Å². The largest absolute Gasteiger partial charge is 0.359 e. The molecular weight excluding hydrogens is 176 g/mol. The molecule has 1 aliphatic carbocycles. The lowest BCUT2D eigenvalue weighted by Crippen LogP contribution is -2.18. The van der Waals surface area contributed by atoms with Gasteiger partial charge in [-0.15, -0.1) is 0 Å². The predicted octanol–water partition coefficient (Wildman–Crippen LogP) is 1.54. The van der Waals surface area contributed by atoms with E-state index in [1.54, 1.807) is 7.05 Å². The number of unbranched alkanes of at least 4 members (excludes halogenated alkanes) is 2. The molecule has 0 aromatic heterocycles. The van der Waals surface area contributed by atoms with Crippen LogP contribution >= 0.6 is 0 Å². The average Bonchev–Trinajstić information content (AvgIpc) is 3.02. The van der Waals surface area contributed by atoms with E-state index >= 15 is 0 Å². The van der Waals surface area contributed by atoms with Gasteiger partial charge in [-0.25, -0.2) is 0 Å². The quantitative estimate of drug-likeness (QED) is 0.661. The zero-order valence-electron chi connectivity index (χ0n) is 9.73. The van der Waals surface area contributed by atoms with Gasteiger partial charge in [0.15, 0.2) is 0 Å². The normalized spacial score (nSPS) is 14.2. The van der Waals surface area contributed by atoms with Gasteiger partial charge < -0.3 is 10.6 Å². The third kappa shape index (κ3) is 8.05. The Balaban J connectivity index is 0.000000241. The van der Waals surface area contributed by atoms with Crippen LogP contribution < -0.4 is 10.6 Å². The lowest BCUT2D eigenvalue weighted by molar-refractivity contribution is -0.121. The molecule has 0 heterocycles. The summed E-state index contributed by atoms with van der Waals surface area (Å²) in [6.45, 7) is 3.39. The highest BCUT2D eigenvalue weighted by Crippen LogP contribution is 2.28. The summed E-state index contributed by atoms with van der Waals surface area (Å²) in [6, 6.07) is 0. The molecule has 14 heavy (non-hydrogen) atoms. The summed E-state index contributed by atoms with van der Waals surface area (Å²) in [5, 5.41) is 5.69. The molecule has 1 rings (SSSR count). The summed E-state index contributed by atoms with van der Waals surface area (Å²) >= 11 is 0. The maximum Gasteiger partial charge on any atom is 0.222 e. The van der Waals surface area contributed by atoms with Gasteiger partial charge in [-0.1, -0.05) is 19.8 Å². The van der Waals surface area contributed by atoms with E-state index in [1.807, 2.05) is 7.05 Å². The maximum absolute atomic E-state index is 10.5. The van der Waals surface area contributed by atoms with Crippen LogP contribution in [0.4, 0.5) is 0 Å². The van der Waals surface area contributed by atoms with Crippen LogP contribution in [0.25, 0.3) is 0 Å². The fraction of sp³-hybridized carbons (Fsp3) is 0.909. The molecule has 0 aliphatic heterocycles. The number of carbonyl (C=O) groups excluding carboxylic acids is 1. The fourth-order valence-electron chi connectivity index (χ4n) is 1.10. The molecule has 0 spiro atoms. The number of carbonyl (C=O) groups is 1. The van der Waals surface area contributed by atoms with Crippen LogP contribution in [0.15, 0.2) is 0 Å². The van der Waals surface area contributed by atoms with Crippen LogP contribution in [0.2, 0.25) is 0 Å². The van der Waals surface area contributed by atoms with Gasteiger partial charge in [0.25, 0.3) is 0 Å². The van der Waals surface area contributed by atoms with Gasteiger partial charge in [0.2, 0.25) is 5.91 Å². The molecule has 0 atom stereocenters. The van der Waals surface area contributed by atoms with Gasteiger partial charge in [0.1, 0.15) is 0 Å². The monoisotopic (exact) mass is 200 g/mol. The average molecular weight is 200 g/mol. The van der Waals surface area contributed by atoms with Crippen molar-refractivity contribution in [1.82, 2.24) is 10.6 Å². The first-order valence-corrected chi connectivity index (χ1v) is 5.62. The van der Waals surface area contributed by atoms with Crippen LogP contribution in [0, 0.1) is 5.92 Å². The highest BCUT2D eigenvalue weighted by atomic mass is 16.1. The fourth-order valence-corrected chi connectivity index (χ4v) is 1.10. The molecule has 3 heteroatoms. The van der Waals surface area contributed by atoms with Gasteiger partial charge >= 0.3 is 0 Å². The Bertz CT molecular complexity index is 140. The molecular formula is C11H24N2O. The first kappa shape index (κ1) is 13.4. The molecule has 1 amide bonds. The molecule has 0 saturated heterocycles. The van der Waals surface area contributed by atoms with E-state index in [1.165, 1.54) is 25.8 Å². The summed E-state index contributed by atoms with van der Waals surface area (Å²) in [4.78, 5) is 10.5. The zero-order chi connectivity index (χ0) is 10.8. The highest BCUT2D eigenvalue weighted by Gasteiger charge is 2.28. The third-order valence-electron chi connectivity index (χ3n) is 2.22. The van der Waals surface area contributed by atoms with E-state index in [9.17, 15) is 4.79 Å². The van der Waals surface area contributed by atoms with E-state index < -0.39 is 0 Å². The van der Waals surface area contributed by atoms with Crippen LogP contribution in [0.1, 0.15) is 39.0 Å². The summed E-state index contributed by atoms with van der Waals surface area (Å²) in [7, 11) is 3.68. The number of hydrogen-bond donors (Lipinski definition) is 2. The van der Waals surface area contributed by atoms with Crippen molar-refractivity contribution >= 4 is 5.91 Å². The SMILES string of the molecule is CCCCCNC.CNC(=O)C1CC1. The Labute approximate surface area is 87.6 Å². The molecule has 0 bridgehead atoms. The summed E-state index contributed by atoms with van der Waals surface area (Å²) in [5.74, 6) is 0.574. The molecule has 1 saturated carbocycles. The topological polar surface area (TPSA) is 41.1 Å². The molecule has 0 aromatic carbocycles. The van der Waals surface area contributed by atoms with Crippen LogP contribution in [-0.2, 0) is 4.79 Å². The van der Waals surface area contributed by atoms with Crippen LogP contribution in [0.3, 0.4) is 0 Å². The van der Waals surface area contributed by atoms with Crippen molar-refractivity contribution in [3.63, 3.8) is 0 Å². The van der Waals surface area contributed by atoms with Crippen molar-refractivity contribution in [3.05, 3.63) is 0 Å². The molecule has 0 unspecified atom stereocenters. The van der Waals surface area contributed by atoms with Gasteiger partial charge in [0, 0.05) is 13.0 Å². The van der Waals surface area contributed by atoms with Crippen molar-refractivity contribution in [2.24, 2.45) is 5.92 Å². The zero-order valence-corrected chi connectivity index (χ0v) is 9.73. The van der Waals surface area contributed by atoms with Gasteiger partial charge in [-0.3, -0.25) is 4.79 Å². The number of nitrogens with one attached hydrogen (secondary N) is 2. The second-order valence-electron chi connectivity index (χ2n) is 3.70. The number of hydrogen-bond acceptors (Lipinski definition) is 2. The Morgan fingerprint density at radius 3 is 2.21 bits per heavy atom. The van der Waals surface area contributed by atoms with E-state index in [-0.39, 0.29) is 5.91 Å². The molecule has 0 aromatic rings. The molecule has 1 fully saturated rings. The van der Waals surface area contributed by atoms with Crippen molar-refractivity contribution < 1.29 is 4.79 Å². The third-order valence-corrected chi connectivity index (χ3v) is 2.22. The summed E-state index contributed by atoms with van der Waals surface area (Å²) < 4.78 is 0. The van der Waals surface area contributed by atoms with Crippen molar-refractivity contribution in [1.29, 1.82) is 0 Å². The van der Waals surface area contributed by atoms with E-state index in [2.05, 4.69) is 17.6 Å². The minimum Gasteiger partial charge on any atom is -0.359 e.